The highest BCUT2D eigenvalue weighted by atomic mass is 79.9. The number of alkyl halides is 1. The van der Waals surface area contributed by atoms with Crippen molar-refractivity contribution in [1.29, 1.82) is 0 Å². The second-order valence-corrected chi connectivity index (χ2v) is 7.41. The van der Waals surface area contributed by atoms with Gasteiger partial charge in [0, 0.05) is 23.6 Å². The Kier molecular flexibility index (Phi) is 6.05. The standard InChI is InChI=1S/C20H24BrFO2/c1-20(2,3)19(24-5)16-10-13(12-21)18(23-4)11-15(16)14-8-6-7-9-17(14)22/h6-11,19H,12H2,1-5H3/t19-/m1/s1. The summed E-state index contributed by atoms with van der Waals surface area (Å²) < 4.78 is 25.7. The highest BCUT2D eigenvalue weighted by molar-refractivity contribution is 9.08. The van der Waals surface area contributed by atoms with Gasteiger partial charge in [0.1, 0.15) is 11.6 Å². The first-order valence-electron chi connectivity index (χ1n) is 7.88. The molecule has 0 aromatic heterocycles. The van der Waals surface area contributed by atoms with Gasteiger partial charge in [-0.1, -0.05) is 54.9 Å². The Bertz CT molecular complexity index is 707. The number of hydrogen-bond acceptors (Lipinski definition) is 2. The third-order valence-corrected chi connectivity index (χ3v) is 4.67. The van der Waals surface area contributed by atoms with Crippen LogP contribution in [0.3, 0.4) is 0 Å². The fourth-order valence-electron chi connectivity index (χ4n) is 3.02. The number of benzene rings is 2. The van der Waals surface area contributed by atoms with Crippen LogP contribution in [0, 0.1) is 11.2 Å². The number of ether oxygens (including phenoxy) is 2. The van der Waals surface area contributed by atoms with Crippen LogP contribution in [0.25, 0.3) is 11.1 Å². The molecule has 0 bridgehead atoms. The van der Waals surface area contributed by atoms with Gasteiger partial charge in [-0.25, -0.2) is 4.39 Å². The smallest absolute Gasteiger partial charge is 0.131 e. The van der Waals surface area contributed by atoms with Gasteiger partial charge in [-0.15, -0.1) is 0 Å². The van der Waals surface area contributed by atoms with Gasteiger partial charge in [0.05, 0.1) is 13.2 Å². The molecule has 0 spiro atoms. The van der Waals surface area contributed by atoms with Gasteiger partial charge >= 0.3 is 0 Å². The molecule has 0 unspecified atom stereocenters. The van der Waals surface area contributed by atoms with Crippen molar-refractivity contribution in [3.05, 3.63) is 53.3 Å². The monoisotopic (exact) mass is 394 g/mol. The molecule has 0 radical (unpaired) electrons. The largest absolute Gasteiger partial charge is 0.496 e. The zero-order chi connectivity index (χ0) is 17.9. The van der Waals surface area contributed by atoms with Crippen LogP contribution in [0.4, 0.5) is 4.39 Å². The van der Waals surface area contributed by atoms with Gasteiger partial charge in [0.25, 0.3) is 0 Å². The van der Waals surface area contributed by atoms with Gasteiger partial charge in [0.15, 0.2) is 0 Å². The van der Waals surface area contributed by atoms with Crippen LogP contribution in [0.15, 0.2) is 36.4 Å². The van der Waals surface area contributed by atoms with E-state index < -0.39 is 0 Å². The molecule has 0 aliphatic rings. The zero-order valence-electron chi connectivity index (χ0n) is 14.8. The zero-order valence-corrected chi connectivity index (χ0v) is 16.4. The third-order valence-electron chi connectivity index (χ3n) is 4.07. The van der Waals surface area contributed by atoms with Crippen molar-refractivity contribution in [3.63, 3.8) is 0 Å². The molecule has 0 fully saturated rings. The number of halogens is 2. The Morgan fingerprint density at radius 3 is 2.25 bits per heavy atom. The molecule has 2 nitrogen and oxygen atoms in total. The molecule has 0 saturated carbocycles. The van der Waals surface area contributed by atoms with Crippen molar-refractivity contribution in [2.24, 2.45) is 5.41 Å². The van der Waals surface area contributed by atoms with E-state index in [0.717, 1.165) is 22.4 Å². The highest BCUT2D eigenvalue weighted by Crippen LogP contribution is 2.43. The number of methoxy groups -OCH3 is 2. The molecule has 0 aliphatic carbocycles. The molecule has 0 aliphatic heterocycles. The predicted molar refractivity (Wildman–Crippen MR) is 100 cm³/mol. The summed E-state index contributed by atoms with van der Waals surface area (Å²) in [6.45, 7) is 6.35. The Labute approximate surface area is 152 Å². The fraction of sp³-hybridized carbons (Fsp3) is 0.400. The molecule has 2 rings (SSSR count). The molecular weight excluding hydrogens is 371 g/mol. The summed E-state index contributed by atoms with van der Waals surface area (Å²) in [5.74, 6) is 0.480. The Morgan fingerprint density at radius 2 is 1.75 bits per heavy atom. The molecule has 0 amide bonds. The van der Waals surface area contributed by atoms with E-state index in [4.69, 9.17) is 9.47 Å². The summed E-state index contributed by atoms with van der Waals surface area (Å²) in [5.41, 5.74) is 3.20. The van der Waals surface area contributed by atoms with Crippen molar-refractivity contribution < 1.29 is 13.9 Å². The van der Waals surface area contributed by atoms with E-state index in [2.05, 4.69) is 42.8 Å². The number of rotatable bonds is 5. The summed E-state index contributed by atoms with van der Waals surface area (Å²) in [4.78, 5) is 0. The van der Waals surface area contributed by atoms with E-state index in [-0.39, 0.29) is 17.3 Å². The van der Waals surface area contributed by atoms with Crippen molar-refractivity contribution >= 4 is 15.9 Å². The maximum atomic E-state index is 14.4. The van der Waals surface area contributed by atoms with Crippen LogP contribution in [0.5, 0.6) is 5.75 Å². The lowest BCUT2D eigenvalue weighted by Gasteiger charge is -2.32. The average Bonchev–Trinajstić information content (AvgIpc) is 2.54. The molecule has 1 atom stereocenters. The van der Waals surface area contributed by atoms with Crippen LogP contribution >= 0.6 is 15.9 Å². The van der Waals surface area contributed by atoms with E-state index >= 15 is 0 Å². The first-order chi connectivity index (χ1) is 11.3. The molecule has 4 heteroatoms. The van der Waals surface area contributed by atoms with Crippen molar-refractivity contribution in [2.75, 3.05) is 14.2 Å². The van der Waals surface area contributed by atoms with E-state index in [1.807, 2.05) is 12.1 Å². The lowest BCUT2D eigenvalue weighted by molar-refractivity contribution is 0.0155. The number of hydrogen-bond donors (Lipinski definition) is 0. The first kappa shape index (κ1) is 18.9. The summed E-state index contributed by atoms with van der Waals surface area (Å²) in [6, 6.07) is 10.8. The minimum atomic E-state index is -0.254. The van der Waals surface area contributed by atoms with Crippen LogP contribution in [0.1, 0.15) is 38.0 Å². The Hall–Kier alpha value is -1.39. The molecule has 0 N–H and O–H groups in total. The minimum Gasteiger partial charge on any atom is -0.496 e. The Balaban J connectivity index is 2.78. The van der Waals surface area contributed by atoms with Crippen molar-refractivity contribution in [3.8, 4) is 16.9 Å². The summed E-state index contributed by atoms with van der Waals surface area (Å²) in [6.07, 6.45) is -0.171. The fourth-order valence-corrected chi connectivity index (χ4v) is 3.45. The quantitative estimate of drug-likeness (QED) is 0.567. The van der Waals surface area contributed by atoms with E-state index in [1.54, 1.807) is 26.4 Å². The molecule has 2 aromatic carbocycles. The summed E-state index contributed by atoms with van der Waals surface area (Å²) in [5, 5.41) is 0.654. The summed E-state index contributed by atoms with van der Waals surface area (Å²) in [7, 11) is 3.32. The van der Waals surface area contributed by atoms with E-state index in [1.165, 1.54) is 6.07 Å². The van der Waals surface area contributed by atoms with Gasteiger partial charge < -0.3 is 9.47 Å². The van der Waals surface area contributed by atoms with Gasteiger partial charge in [-0.2, -0.15) is 0 Å². The van der Waals surface area contributed by atoms with Gasteiger partial charge in [-0.05, 0) is 34.7 Å². The molecule has 2 aromatic rings. The molecule has 130 valence electrons. The van der Waals surface area contributed by atoms with E-state index in [9.17, 15) is 4.39 Å². The third kappa shape index (κ3) is 3.81. The Morgan fingerprint density at radius 1 is 1.08 bits per heavy atom. The van der Waals surface area contributed by atoms with Crippen LogP contribution in [-0.2, 0) is 10.1 Å². The maximum Gasteiger partial charge on any atom is 0.131 e. The summed E-state index contributed by atoms with van der Waals surface area (Å²) >= 11 is 3.51. The normalized spacial score (nSPS) is 13.0. The van der Waals surface area contributed by atoms with E-state index in [0.29, 0.717) is 10.9 Å². The average molecular weight is 395 g/mol. The second-order valence-electron chi connectivity index (χ2n) is 6.85. The van der Waals surface area contributed by atoms with Gasteiger partial charge in [-0.3, -0.25) is 0 Å². The second kappa shape index (κ2) is 7.66. The lowest BCUT2D eigenvalue weighted by atomic mass is 9.81. The molecule has 0 heterocycles. The van der Waals surface area contributed by atoms with Crippen molar-refractivity contribution in [1.82, 2.24) is 0 Å². The van der Waals surface area contributed by atoms with Crippen molar-refractivity contribution in [2.45, 2.75) is 32.2 Å². The van der Waals surface area contributed by atoms with Crippen LogP contribution in [-0.4, -0.2) is 14.2 Å². The first-order valence-corrected chi connectivity index (χ1v) is 9.00. The van der Waals surface area contributed by atoms with Crippen LogP contribution < -0.4 is 4.74 Å². The SMILES string of the molecule is COc1cc(-c2ccccc2F)c([C@@H](OC)C(C)(C)C)cc1CBr. The minimum absolute atomic E-state index is 0.132. The topological polar surface area (TPSA) is 18.5 Å². The molecule has 24 heavy (non-hydrogen) atoms. The van der Waals surface area contributed by atoms with Gasteiger partial charge in [0.2, 0.25) is 0 Å². The highest BCUT2D eigenvalue weighted by Gasteiger charge is 2.30. The lowest BCUT2D eigenvalue weighted by Crippen LogP contribution is -2.21. The molecular formula is C20H24BrFO2. The van der Waals surface area contributed by atoms with Crippen LogP contribution in [0.2, 0.25) is 0 Å². The predicted octanol–water partition coefficient (Wildman–Crippen LogP) is 6.13. The molecule has 0 saturated heterocycles. The maximum absolute atomic E-state index is 14.4.